The van der Waals surface area contributed by atoms with Crippen LogP contribution in [0.1, 0.15) is 38.7 Å². The van der Waals surface area contributed by atoms with Crippen LogP contribution in [0.2, 0.25) is 5.02 Å². The number of rotatable bonds is 7. The van der Waals surface area contributed by atoms with Gasteiger partial charge in [0.05, 0.1) is 15.5 Å². The first-order valence-electron chi connectivity index (χ1n) is 9.30. The predicted molar refractivity (Wildman–Crippen MR) is 104 cm³/mol. The number of nitrogens with one attached hydrogen (secondary N) is 2. The molecule has 1 fully saturated rings. The predicted octanol–water partition coefficient (Wildman–Crippen LogP) is 3.02. The highest BCUT2D eigenvalue weighted by molar-refractivity contribution is 7.89. The SMILES string of the molecule is CC(C)N1CCC(NC(=O)CCNS(=O)(=O)c2ccc(Cl)c(C(F)(F)F)c2)CC1. The molecule has 6 nitrogen and oxygen atoms in total. The van der Waals surface area contributed by atoms with Gasteiger partial charge >= 0.3 is 6.18 Å². The van der Waals surface area contributed by atoms with E-state index >= 15 is 0 Å². The Balaban J connectivity index is 1.86. The number of hydrogen-bond acceptors (Lipinski definition) is 4. The number of nitrogens with zero attached hydrogens (tertiary/aromatic N) is 1. The third-order valence-corrected chi connectivity index (χ3v) is 6.61. The van der Waals surface area contributed by atoms with Crippen molar-refractivity contribution < 1.29 is 26.4 Å². The van der Waals surface area contributed by atoms with Crippen LogP contribution in [0.5, 0.6) is 0 Å². The number of carbonyl (C=O) groups is 1. The number of hydrogen-bond donors (Lipinski definition) is 2. The fourth-order valence-electron chi connectivity index (χ4n) is 3.13. The maximum Gasteiger partial charge on any atom is 0.417 e. The second-order valence-electron chi connectivity index (χ2n) is 7.26. The normalized spacial score (nSPS) is 16.9. The molecule has 1 aromatic carbocycles. The molecule has 0 radical (unpaired) electrons. The zero-order valence-electron chi connectivity index (χ0n) is 16.2. The molecule has 0 spiro atoms. The van der Waals surface area contributed by atoms with E-state index in [9.17, 15) is 26.4 Å². The van der Waals surface area contributed by atoms with Gasteiger partial charge in [0.2, 0.25) is 15.9 Å². The van der Waals surface area contributed by atoms with E-state index in [-0.39, 0.29) is 24.9 Å². The van der Waals surface area contributed by atoms with Gasteiger partial charge in [-0.25, -0.2) is 13.1 Å². The topological polar surface area (TPSA) is 78.5 Å². The van der Waals surface area contributed by atoms with Crippen molar-refractivity contribution >= 4 is 27.5 Å². The van der Waals surface area contributed by atoms with Gasteiger partial charge in [-0.15, -0.1) is 0 Å². The van der Waals surface area contributed by atoms with Gasteiger partial charge in [0, 0.05) is 38.1 Å². The smallest absolute Gasteiger partial charge is 0.353 e. The standard InChI is InChI=1S/C18H25ClF3N3O3S/c1-12(2)25-9-6-13(7-10-25)24-17(26)5-8-23-29(27,28)14-3-4-16(19)15(11-14)18(20,21)22/h3-4,11-13,23H,5-10H2,1-2H3,(H,24,26). The van der Waals surface area contributed by atoms with Crippen molar-refractivity contribution in [2.75, 3.05) is 19.6 Å². The summed E-state index contributed by atoms with van der Waals surface area (Å²) in [6.07, 6.45) is -3.24. The van der Waals surface area contributed by atoms with Crippen LogP contribution >= 0.6 is 11.6 Å². The first-order valence-corrected chi connectivity index (χ1v) is 11.2. The van der Waals surface area contributed by atoms with E-state index in [1.165, 1.54) is 0 Å². The van der Waals surface area contributed by atoms with Crippen LogP contribution in [0.4, 0.5) is 13.2 Å². The third-order valence-electron chi connectivity index (χ3n) is 4.82. The number of sulfonamides is 1. The highest BCUT2D eigenvalue weighted by Crippen LogP contribution is 2.35. The molecule has 1 aliphatic heterocycles. The Bertz CT molecular complexity index is 823. The first-order chi connectivity index (χ1) is 13.4. The molecule has 1 aliphatic rings. The van der Waals surface area contributed by atoms with E-state index in [4.69, 9.17) is 11.6 Å². The Labute approximate surface area is 173 Å². The van der Waals surface area contributed by atoms with E-state index < -0.39 is 31.7 Å². The minimum atomic E-state index is -4.77. The summed E-state index contributed by atoms with van der Waals surface area (Å²) in [4.78, 5) is 13.8. The maximum absolute atomic E-state index is 12.9. The molecule has 1 heterocycles. The first kappa shape index (κ1) is 23.9. The Hall–Kier alpha value is -1.36. The van der Waals surface area contributed by atoms with E-state index in [1.807, 2.05) is 0 Å². The Morgan fingerprint density at radius 1 is 1.28 bits per heavy atom. The molecule has 0 bridgehead atoms. The molecule has 0 aromatic heterocycles. The van der Waals surface area contributed by atoms with Crippen molar-refractivity contribution in [2.45, 2.75) is 56.3 Å². The van der Waals surface area contributed by atoms with Crippen LogP contribution in [0.25, 0.3) is 0 Å². The van der Waals surface area contributed by atoms with Crippen LogP contribution in [0.3, 0.4) is 0 Å². The summed E-state index contributed by atoms with van der Waals surface area (Å²) in [7, 11) is -4.20. The molecule has 1 aromatic rings. The molecule has 0 unspecified atom stereocenters. The Kier molecular flexibility index (Phi) is 7.94. The van der Waals surface area contributed by atoms with Gasteiger partial charge in [-0.1, -0.05) is 11.6 Å². The molecule has 164 valence electrons. The molecule has 2 N–H and O–H groups in total. The second kappa shape index (κ2) is 9.63. The number of halogens is 4. The maximum atomic E-state index is 12.9. The van der Waals surface area contributed by atoms with Gasteiger partial charge in [0.1, 0.15) is 0 Å². The summed E-state index contributed by atoms with van der Waals surface area (Å²) in [6, 6.07) is 2.84. The monoisotopic (exact) mass is 455 g/mol. The van der Waals surface area contributed by atoms with Gasteiger partial charge in [0.25, 0.3) is 0 Å². The molecular formula is C18H25ClF3N3O3S. The molecule has 29 heavy (non-hydrogen) atoms. The van der Waals surface area contributed by atoms with Gasteiger partial charge in [-0.3, -0.25) is 4.79 Å². The Morgan fingerprint density at radius 2 is 1.90 bits per heavy atom. The number of amides is 1. The largest absolute Gasteiger partial charge is 0.417 e. The summed E-state index contributed by atoms with van der Waals surface area (Å²) in [5.74, 6) is -0.303. The molecule has 1 saturated heterocycles. The molecule has 0 saturated carbocycles. The second-order valence-corrected chi connectivity index (χ2v) is 9.43. The fraction of sp³-hybridized carbons (Fsp3) is 0.611. The van der Waals surface area contributed by atoms with Gasteiger partial charge < -0.3 is 10.2 Å². The summed E-state index contributed by atoms with van der Waals surface area (Å²) in [5.41, 5.74) is -1.23. The highest BCUT2D eigenvalue weighted by Gasteiger charge is 2.34. The molecule has 1 amide bonds. The minimum absolute atomic E-state index is 0.0414. The van der Waals surface area contributed by atoms with Gasteiger partial charge in [0.15, 0.2) is 0 Å². The van der Waals surface area contributed by atoms with Crippen LogP contribution < -0.4 is 10.0 Å². The van der Waals surface area contributed by atoms with Crippen LogP contribution in [0, 0.1) is 0 Å². The van der Waals surface area contributed by atoms with E-state index in [0.29, 0.717) is 12.1 Å². The molecule has 0 aliphatic carbocycles. The van der Waals surface area contributed by atoms with Crippen molar-refractivity contribution in [2.24, 2.45) is 0 Å². The van der Waals surface area contributed by atoms with Gasteiger partial charge in [-0.05, 0) is 44.9 Å². The fourth-order valence-corrected chi connectivity index (χ4v) is 4.41. The summed E-state index contributed by atoms with van der Waals surface area (Å²) in [6.45, 7) is 5.77. The average molecular weight is 456 g/mol. The highest BCUT2D eigenvalue weighted by atomic mass is 35.5. The summed E-state index contributed by atoms with van der Waals surface area (Å²) >= 11 is 5.50. The van der Waals surface area contributed by atoms with Crippen molar-refractivity contribution in [1.82, 2.24) is 14.9 Å². The summed E-state index contributed by atoms with van der Waals surface area (Å²) in [5, 5.41) is 2.29. The zero-order chi connectivity index (χ0) is 21.8. The lowest BCUT2D eigenvalue weighted by molar-refractivity contribution is -0.137. The Morgan fingerprint density at radius 3 is 2.45 bits per heavy atom. The molecular weight excluding hydrogens is 431 g/mol. The quantitative estimate of drug-likeness (QED) is 0.662. The third kappa shape index (κ3) is 6.84. The molecule has 2 rings (SSSR count). The van der Waals surface area contributed by atoms with Crippen molar-refractivity contribution in [1.29, 1.82) is 0 Å². The molecule has 11 heteroatoms. The lowest BCUT2D eigenvalue weighted by atomic mass is 10.0. The van der Waals surface area contributed by atoms with Gasteiger partial charge in [-0.2, -0.15) is 13.2 Å². The van der Waals surface area contributed by atoms with E-state index in [1.54, 1.807) is 0 Å². The van der Waals surface area contributed by atoms with Crippen LogP contribution in [0.15, 0.2) is 23.1 Å². The average Bonchev–Trinajstić information content (AvgIpc) is 2.61. The number of alkyl halides is 3. The van der Waals surface area contributed by atoms with Crippen molar-refractivity contribution in [3.8, 4) is 0 Å². The lowest BCUT2D eigenvalue weighted by Crippen LogP contribution is -2.47. The van der Waals surface area contributed by atoms with Crippen LogP contribution in [-0.4, -0.2) is 50.9 Å². The van der Waals surface area contributed by atoms with Crippen molar-refractivity contribution in [3.05, 3.63) is 28.8 Å². The number of carbonyl (C=O) groups excluding carboxylic acids is 1. The van der Waals surface area contributed by atoms with E-state index in [0.717, 1.165) is 38.1 Å². The summed E-state index contributed by atoms with van der Waals surface area (Å²) < 4.78 is 65.4. The number of benzene rings is 1. The minimum Gasteiger partial charge on any atom is -0.353 e. The number of piperidine rings is 1. The number of likely N-dealkylation sites (tertiary alicyclic amines) is 1. The van der Waals surface area contributed by atoms with E-state index in [2.05, 4.69) is 28.8 Å². The zero-order valence-corrected chi connectivity index (χ0v) is 17.8. The van der Waals surface area contributed by atoms with Crippen LogP contribution in [-0.2, 0) is 21.0 Å². The van der Waals surface area contributed by atoms with Crippen molar-refractivity contribution in [3.63, 3.8) is 0 Å². The molecule has 0 atom stereocenters. The lowest BCUT2D eigenvalue weighted by Gasteiger charge is -2.34.